The summed E-state index contributed by atoms with van der Waals surface area (Å²) in [6.07, 6.45) is 1.68. The van der Waals surface area contributed by atoms with Crippen LogP contribution in [-0.4, -0.2) is 16.5 Å². The first-order valence-electron chi connectivity index (χ1n) is 7.38. The number of hydrogen-bond acceptors (Lipinski definition) is 3. The first-order chi connectivity index (χ1) is 10.7. The first-order valence-corrected chi connectivity index (χ1v) is 7.38. The standard InChI is InChI=1S/C17H19FN4/c18-13-6-3-11(4-7-13)12-5-8-15-16(10-12)22-17(21-15)14(20)2-1-9-19/h3-8,10,14H,1-2,9,19-20H2,(H,21,22). The van der Waals surface area contributed by atoms with Crippen LogP contribution in [0.5, 0.6) is 0 Å². The van der Waals surface area contributed by atoms with Crippen molar-refractivity contribution in [3.63, 3.8) is 0 Å². The van der Waals surface area contributed by atoms with E-state index in [-0.39, 0.29) is 11.9 Å². The Bertz CT molecular complexity index is 764. The average molecular weight is 298 g/mol. The van der Waals surface area contributed by atoms with Gasteiger partial charge in [0.15, 0.2) is 0 Å². The maximum atomic E-state index is 13.0. The van der Waals surface area contributed by atoms with Gasteiger partial charge in [-0.25, -0.2) is 9.37 Å². The molecule has 0 aliphatic heterocycles. The third-order valence-corrected chi connectivity index (χ3v) is 3.75. The molecule has 0 aliphatic rings. The maximum Gasteiger partial charge on any atom is 0.124 e. The zero-order chi connectivity index (χ0) is 15.5. The number of benzene rings is 2. The summed E-state index contributed by atoms with van der Waals surface area (Å²) in [4.78, 5) is 7.81. The molecule has 0 saturated carbocycles. The Morgan fingerprint density at radius 2 is 1.82 bits per heavy atom. The Labute approximate surface area is 128 Å². The van der Waals surface area contributed by atoms with Crippen molar-refractivity contribution in [3.05, 3.63) is 54.1 Å². The van der Waals surface area contributed by atoms with Crippen molar-refractivity contribution < 1.29 is 4.39 Å². The van der Waals surface area contributed by atoms with E-state index < -0.39 is 0 Å². The zero-order valence-electron chi connectivity index (χ0n) is 12.2. The molecule has 0 saturated heterocycles. The Kier molecular flexibility index (Phi) is 4.18. The second kappa shape index (κ2) is 6.25. The number of rotatable bonds is 5. The van der Waals surface area contributed by atoms with Crippen LogP contribution in [0.2, 0.25) is 0 Å². The lowest BCUT2D eigenvalue weighted by Crippen LogP contribution is -2.13. The van der Waals surface area contributed by atoms with Crippen LogP contribution in [0.15, 0.2) is 42.5 Å². The van der Waals surface area contributed by atoms with E-state index in [4.69, 9.17) is 11.5 Å². The Hall–Kier alpha value is -2.24. The number of nitrogens with zero attached hydrogens (tertiary/aromatic N) is 1. The highest BCUT2D eigenvalue weighted by molar-refractivity contribution is 5.82. The van der Waals surface area contributed by atoms with Gasteiger partial charge in [0.25, 0.3) is 0 Å². The van der Waals surface area contributed by atoms with E-state index in [0.717, 1.165) is 40.8 Å². The van der Waals surface area contributed by atoms with Crippen molar-refractivity contribution in [2.45, 2.75) is 18.9 Å². The molecule has 5 N–H and O–H groups in total. The molecule has 22 heavy (non-hydrogen) atoms. The van der Waals surface area contributed by atoms with Gasteiger partial charge in [0.1, 0.15) is 11.6 Å². The number of nitrogens with one attached hydrogen (secondary N) is 1. The van der Waals surface area contributed by atoms with E-state index in [1.165, 1.54) is 12.1 Å². The first kappa shape index (κ1) is 14.7. The molecule has 3 rings (SSSR count). The van der Waals surface area contributed by atoms with E-state index in [2.05, 4.69) is 9.97 Å². The molecule has 1 heterocycles. The summed E-state index contributed by atoms with van der Waals surface area (Å²) in [5.74, 6) is 0.541. The lowest BCUT2D eigenvalue weighted by atomic mass is 10.1. The molecule has 3 aromatic rings. The summed E-state index contributed by atoms with van der Waals surface area (Å²) in [5.41, 5.74) is 15.4. The van der Waals surface area contributed by atoms with Crippen LogP contribution in [0.4, 0.5) is 4.39 Å². The Morgan fingerprint density at radius 3 is 2.55 bits per heavy atom. The second-order valence-corrected chi connectivity index (χ2v) is 5.40. The summed E-state index contributed by atoms with van der Waals surface area (Å²) in [6.45, 7) is 0.628. The van der Waals surface area contributed by atoms with Crippen molar-refractivity contribution in [1.29, 1.82) is 0 Å². The fourth-order valence-electron chi connectivity index (χ4n) is 2.50. The number of aromatic amines is 1. The van der Waals surface area contributed by atoms with Crippen LogP contribution in [0.25, 0.3) is 22.2 Å². The van der Waals surface area contributed by atoms with Crippen molar-refractivity contribution in [2.24, 2.45) is 11.5 Å². The monoisotopic (exact) mass is 298 g/mol. The van der Waals surface area contributed by atoms with Crippen molar-refractivity contribution in [3.8, 4) is 11.1 Å². The minimum atomic E-state index is -0.237. The minimum absolute atomic E-state index is 0.134. The van der Waals surface area contributed by atoms with Crippen molar-refractivity contribution in [1.82, 2.24) is 9.97 Å². The zero-order valence-corrected chi connectivity index (χ0v) is 12.2. The van der Waals surface area contributed by atoms with Gasteiger partial charge in [-0.3, -0.25) is 0 Å². The molecule has 2 aromatic carbocycles. The van der Waals surface area contributed by atoms with Crippen LogP contribution in [0, 0.1) is 5.82 Å². The van der Waals surface area contributed by atoms with Crippen molar-refractivity contribution >= 4 is 11.0 Å². The van der Waals surface area contributed by atoms with E-state index in [1.807, 2.05) is 18.2 Å². The number of fused-ring (bicyclic) bond motifs is 1. The van der Waals surface area contributed by atoms with E-state index in [1.54, 1.807) is 12.1 Å². The van der Waals surface area contributed by atoms with Crippen LogP contribution < -0.4 is 11.5 Å². The lowest BCUT2D eigenvalue weighted by Gasteiger charge is -2.06. The molecule has 1 unspecified atom stereocenters. The fourth-order valence-corrected chi connectivity index (χ4v) is 2.50. The molecule has 5 heteroatoms. The predicted molar refractivity (Wildman–Crippen MR) is 86.7 cm³/mol. The van der Waals surface area contributed by atoms with Gasteiger partial charge in [-0.05, 0) is 54.8 Å². The Morgan fingerprint density at radius 1 is 1.09 bits per heavy atom. The molecule has 0 bridgehead atoms. The topological polar surface area (TPSA) is 80.7 Å². The summed E-state index contributed by atoms with van der Waals surface area (Å²) >= 11 is 0. The molecule has 0 amide bonds. The van der Waals surface area contributed by atoms with Crippen LogP contribution in [-0.2, 0) is 0 Å². The Balaban J connectivity index is 1.91. The van der Waals surface area contributed by atoms with Gasteiger partial charge in [0.05, 0.1) is 17.1 Å². The summed E-state index contributed by atoms with van der Waals surface area (Å²) in [7, 11) is 0. The quantitative estimate of drug-likeness (QED) is 0.677. The highest BCUT2D eigenvalue weighted by Gasteiger charge is 2.11. The fraction of sp³-hybridized carbons (Fsp3) is 0.235. The maximum absolute atomic E-state index is 13.0. The van der Waals surface area contributed by atoms with Crippen molar-refractivity contribution in [2.75, 3.05) is 6.54 Å². The van der Waals surface area contributed by atoms with Gasteiger partial charge in [0.2, 0.25) is 0 Å². The molecule has 0 aliphatic carbocycles. The van der Waals surface area contributed by atoms with Gasteiger partial charge in [-0.1, -0.05) is 18.2 Å². The number of imidazole rings is 1. The van der Waals surface area contributed by atoms with E-state index in [9.17, 15) is 4.39 Å². The summed E-state index contributed by atoms with van der Waals surface area (Å²) in [5, 5.41) is 0. The molecule has 0 fully saturated rings. The highest BCUT2D eigenvalue weighted by Crippen LogP contribution is 2.25. The second-order valence-electron chi connectivity index (χ2n) is 5.40. The molecular weight excluding hydrogens is 279 g/mol. The molecule has 114 valence electrons. The normalized spacial score (nSPS) is 12.7. The smallest absolute Gasteiger partial charge is 0.124 e. The van der Waals surface area contributed by atoms with E-state index >= 15 is 0 Å². The van der Waals surface area contributed by atoms with Crippen LogP contribution in [0.1, 0.15) is 24.7 Å². The predicted octanol–water partition coefficient (Wildman–Crippen LogP) is 3.11. The van der Waals surface area contributed by atoms with Gasteiger partial charge in [-0.15, -0.1) is 0 Å². The molecule has 1 atom stereocenters. The lowest BCUT2D eigenvalue weighted by molar-refractivity contribution is 0.594. The average Bonchev–Trinajstić information content (AvgIpc) is 2.96. The molecule has 1 aromatic heterocycles. The number of halogens is 1. The number of aromatic nitrogens is 2. The number of hydrogen-bond donors (Lipinski definition) is 3. The van der Waals surface area contributed by atoms with E-state index in [0.29, 0.717) is 6.54 Å². The van der Waals surface area contributed by atoms with Gasteiger partial charge < -0.3 is 16.5 Å². The highest BCUT2D eigenvalue weighted by atomic mass is 19.1. The third-order valence-electron chi connectivity index (χ3n) is 3.75. The molecule has 0 spiro atoms. The number of nitrogens with two attached hydrogens (primary N) is 2. The van der Waals surface area contributed by atoms with Crippen LogP contribution >= 0.6 is 0 Å². The molecule has 4 nitrogen and oxygen atoms in total. The molecular formula is C17H19FN4. The van der Waals surface area contributed by atoms with Gasteiger partial charge >= 0.3 is 0 Å². The third kappa shape index (κ3) is 3.00. The van der Waals surface area contributed by atoms with Gasteiger partial charge in [0, 0.05) is 0 Å². The van der Waals surface area contributed by atoms with Crippen LogP contribution in [0.3, 0.4) is 0 Å². The summed E-state index contributed by atoms with van der Waals surface area (Å²) in [6, 6.07) is 12.2. The minimum Gasteiger partial charge on any atom is -0.341 e. The largest absolute Gasteiger partial charge is 0.341 e. The SMILES string of the molecule is NCCCC(N)c1nc2ccc(-c3ccc(F)cc3)cc2[nH]1. The number of H-pyrrole nitrogens is 1. The molecule has 0 radical (unpaired) electrons. The van der Waals surface area contributed by atoms with Gasteiger partial charge in [-0.2, -0.15) is 0 Å². The summed E-state index contributed by atoms with van der Waals surface area (Å²) < 4.78 is 13.0.